The SMILES string of the molecule is Cc1c[n+](CC(=O)c2ccccc2)c(C)cn1.Fc1c(F)c(F)c([B-](c2c(F)c(F)c(F)c(F)c2F)(c2c(F)c(F)c(F)c(F)c2F)c2c(F)c(F)c(F)c(F)c2F)c(F)c1F. The van der Waals surface area contributed by atoms with Crippen molar-refractivity contribution >= 4 is 33.8 Å². The lowest BCUT2D eigenvalue weighted by Crippen LogP contribution is -2.81. The van der Waals surface area contributed by atoms with E-state index in [9.17, 15) is 57.5 Å². The van der Waals surface area contributed by atoms with Gasteiger partial charge < -0.3 is 0 Å². The summed E-state index contributed by atoms with van der Waals surface area (Å²) in [6.07, 6.45) is -3.53. The van der Waals surface area contributed by atoms with Crippen LogP contribution in [0.15, 0.2) is 42.7 Å². The van der Waals surface area contributed by atoms with Crippen molar-refractivity contribution in [2.45, 2.75) is 20.4 Å². The number of hydrogen-bond donors (Lipinski definition) is 0. The van der Waals surface area contributed by atoms with Gasteiger partial charge in [0.25, 0.3) is 0 Å². The zero-order valence-electron chi connectivity index (χ0n) is 30.2. The molecule has 0 atom stereocenters. The number of rotatable bonds is 7. The molecule has 0 N–H and O–H groups in total. The number of benzene rings is 5. The molecule has 0 aliphatic heterocycles. The molecule has 0 radical (unpaired) electrons. The standard InChI is InChI=1S/C24BF20.C14H15N2O/c26-5-1(6(27)14(35)21(42)13(5)34)25(2-7(28)15(36)22(43)16(37)8(2)29,3-9(30)17(38)23(44)18(39)10(3)31)4-11(32)19(40)24(45)20(41)12(4)33;1-11-9-16(12(2)8-15-11)10-14(17)13-6-4-3-5-7-13/h;3-9H,10H2,1-2H3/q-1;+1. The third-order valence-corrected chi connectivity index (χ3v) is 9.37. The van der Waals surface area contributed by atoms with Crippen LogP contribution in [0.25, 0.3) is 0 Å². The molecule has 0 aliphatic carbocycles. The molecular weight excluding hydrogens is 891 g/mol. The summed E-state index contributed by atoms with van der Waals surface area (Å²) in [6.45, 7) is 4.23. The Labute approximate surface area is 332 Å². The predicted octanol–water partition coefficient (Wildman–Crippen LogP) is 7.71. The molecule has 0 aliphatic rings. The fourth-order valence-electron chi connectivity index (χ4n) is 6.54. The minimum absolute atomic E-state index is 0.115. The van der Waals surface area contributed by atoms with Gasteiger partial charge >= 0.3 is 0 Å². The number of nitrogens with zero attached hydrogens (tertiary/aromatic N) is 2. The highest BCUT2D eigenvalue weighted by atomic mass is 19.2. The Balaban J connectivity index is 0.000000355. The van der Waals surface area contributed by atoms with E-state index in [1.165, 1.54) is 0 Å². The van der Waals surface area contributed by atoms with Gasteiger partial charge in [-0.05, 0) is 6.92 Å². The van der Waals surface area contributed by atoms with Crippen molar-refractivity contribution in [3.05, 3.63) is 176 Å². The highest BCUT2D eigenvalue weighted by Gasteiger charge is 2.52. The number of hydrogen-bond acceptors (Lipinski definition) is 2. The van der Waals surface area contributed by atoms with Crippen molar-refractivity contribution in [3.8, 4) is 0 Å². The minimum Gasteiger partial charge on any atom is -0.287 e. The van der Waals surface area contributed by atoms with E-state index >= 15 is 35.1 Å². The monoisotopic (exact) mass is 906 g/mol. The van der Waals surface area contributed by atoms with Crippen LogP contribution in [0.2, 0.25) is 0 Å². The third-order valence-electron chi connectivity index (χ3n) is 9.37. The van der Waals surface area contributed by atoms with Crippen LogP contribution >= 0.6 is 0 Å². The van der Waals surface area contributed by atoms with E-state index in [0.717, 1.165) is 17.0 Å². The second kappa shape index (κ2) is 17.1. The first-order valence-electron chi connectivity index (χ1n) is 16.5. The van der Waals surface area contributed by atoms with Gasteiger partial charge in [-0.1, -0.05) is 30.3 Å². The zero-order valence-corrected chi connectivity index (χ0v) is 30.2. The Morgan fingerprint density at radius 3 is 0.968 bits per heavy atom. The Morgan fingerprint density at radius 1 is 0.435 bits per heavy atom. The van der Waals surface area contributed by atoms with Crippen molar-refractivity contribution in [2.24, 2.45) is 0 Å². The molecule has 326 valence electrons. The van der Waals surface area contributed by atoms with Crippen molar-refractivity contribution in [3.63, 3.8) is 0 Å². The molecule has 0 amide bonds. The maximum absolute atomic E-state index is 15.4. The maximum Gasteiger partial charge on any atom is 0.227 e. The molecule has 62 heavy (non-hydrogen) atoms. The van der Waals surface area contributed by atoms with E-state index in [-0.39, 0.29) is 5.78 Å². The zero-order chi connectivity index (χ0) is 46.6. The van der Waals surface area contributed by atoms with Gasteiger partial charge in [0.1, 0.15) is 58.4 Å². The maximum atomic E-state index is 15.4. The van der Waals surface area contributed by atoms with E-state index in [2.05, 4.69) is 4.98 Å². The van der Waals surface area contributed by atoms with Gasteiger partial charge in [0.05, 0.1) is 6.20 Å². The van der Waals surface area contributed by atoms with E-state index in [4.69, 9.17) is 0 Å². The fourth-order valence-corrected chi connectivity index (χ4v) is 6.54. The molecule has 0 fully saturated rings. The number of carbonyl (C=O) groups is 1. The molecule has 6 rings (SSSR count). The first kappa shape index (κ1) is 46.6. The molecular formula is C38H15BF20N2O. The number of Topliss-reactive ketones (excluding diaryl/α,β-unsaturated/α-hetero) is 1. The molecule has 5 aromatic carbocycles. The summed E-state index contributed by atoms with van der Waals surface area (Å²) < 4.78 is 296. The van der Waals surface area contributed by atoms with Gasteiger partial charge in [0.15, 0.2) is 81.7 Å². The fraction of sp³-hybridized carbons (Fsp3) is 0.0789. The normalized spacial score (nSPS) is 11.5. The highest BCUT2D eigenvalue weighted by molar-refractivity contribution is 7.20. The summed E-state index contributed by atoms with van der Waals surface area (Å²) in [5.41, 5.74) is -11.7. The minimum atomic E-state index is -7.22. The molecule has 0 saturated carbocycles. The molecule has 6 aromatic rings. The first-order chi connectivity index (χ1) is 28.9. The van der Waals surface area contributed by atoms with E-state index in [0.29, 0.717) is 6.54 Å². The molecule has 1 aromatic heterocycles. The average molecular weight is 906 g/mol. The summed E-state index contributed by atoms with van der Waals surface area (Å²) in [5.74, 6) is -71.3. The molecule has 3 nitrogen and oxygen atoms in total. The van der Waals surface area contributed by atoms with Gasteiger partial charge in [-0.25, -0.2) is 92.8 Å². The summed E-state index contributed by atoms with van der Waals surface area (Å²) in [7, 11) is 0. The van der Waals surface area contributed by atoms with Gasteiger partial charge in [0, 0.05) is 12.5 Å². The van der Waals surface area contributed by atoms with Crippen molar-refractivity contribution in [2.75, 3.05) is 0 Å². The molecule has 0 saturated heterocycles. The van der Waals surface area contributed by atoms with E-state index in [1.807, 2.05) is 54.9 Å². The van der Waals surface area contributed by atoms with Gasteiger partial charge in [0.2, 0.25) is 12.3 Å². The summed E-state index contributed by atoms with van der Waals surface area (Å²) in [5, 5.41) is 0. The lowest BCUT2D eigenvalue weighted by Gasteiger charge is -2.44. The van der Waals surface area contributed by atoms with E-state index < -0.39 is 144 Å². The Morgan fingerprint density at radius 2 is 0.694 bits per heavy atom. The highest BCUT2D eigenvalue weighted by Crippen LogP contribution is 2.30. The lowest BCUT2D eigenvalue weighted by atomic mass is 9.12. The smallest absolute Gasteiger partial charge is 0.227 e. The predicted molar refractivity (Wildman–Crippen MR) is 174 cm³/mol. The van der Waals surface area contributed by atoms with Crippen LogP contribution in [0.4, 0.5) is 87.8 Å². The topological polar surface area (TPSA) is 33.8 Å². The van der Waals surface area contributed by atoms with Crippen molar-refractivity contribution < 1.29 is 97.2 Å². The van der Waals surface area contributed by atoms with Gasteiger partial charge in [-0.3, -0.25) is 4.79 Å². The third kappa shape index (κ3) is 7.27. The van der Waals surface area contributed by atoms with Gasteiger partial charge in [-0.2, -0.15) is 4.57 Å². The van der Waals surface area contributed by atoms with Crippen LogP contribution in [-0.4, -0.2) is 16.9 Å². The first-order valence-corrected chi connectivity index (χ1v) is 16.5. The number of halogens is 20. The Bertz CT molecular complexity index is 2440. The number of carbonyl (C=O) groups excluding carboxylic acids is 1. The Kier molecular flexibility index (Phi) is 12.9. The second-order valence-electron chi connectivity index (χ2n) is 12.9. The van der Waals surface area contributed by atoms with Crippen LogP contribution in [-0.2, 0) is 6.54 Å². The number of ketones is 1. The molecule has 1 heterocycles. The molecule has 0 unspecified atom stereocenters. The molecule has 24 heteroatoms. The number of aromatic nitrogens is 2. The van der Waals surface area contributed by atoms with Crippen molar-refractivity contribution in [1.29, 1.82) is 0 Å². The Hall–Kier alpha value is -6.49. The average Bonchev–Trinajstić information content (AvgIpc) is 3.25. The second-order valence-corrected chi connectivity index (χ2v) is 12.9. The summed E-state index contributed by atoms with van der Waals surface area (Å²) >= 11 is 0. The summed E-state index contributed by atoms with van der Waals surface area (Å²) in [6, 6.07) is 9.34. The van der Waals surface area contributed by atoms with E-state index in [1.54, 1.807) is 6.20 Å². The largest absolute Gasteiger partial charge is 0.287 e. The molecule has 0 spiro atoms. The van der Waals surface area contributed by atoms with Crippen LogP contribution in [0, 0.1) is 130 Å². The van der Waals surface area contributed by atoms with Gasteiger partial charge in [-0.15, -0.1) is 21.9 Å². The van der Waals surface area contributed by atoms with Crippen molar-refractivity contribution in [1.82, 2.24) is 4.98 Å². The van der Waals surface area contributed by atoms with Crippen LogP contribution in [0.3, 0.4) is 0 Å². The van der Waals surface area contributed by atoms with Crippen LogP contribution in [0.5, 0.6) is 0 Å². The lowest BCUT2D eigenvalue weighted by molar-refractivity contribution is -0.690. The molecule has 0 bridgehead atoms. The quantitative estimate of drug-likeness (QED) is 0.0411. The summed E-state index contributed by atoms with van der Waals surface area (Å²) in [4.78, 5) is 16.2. The van der Waals surface area contributed by atoms with Crippen LogP contribution < -0.4 is 26.4 Å². The number of aryl methyl sites for hydroxylation is 2. The van der Waals surface area contributed by atoms with Crippen LogP contribution in [0.1, 0.15) is 21.7 Å².